The molecule has 5 heteroatoms. The summed E-state index contributed by atoms with van der Waals surface area (Å²) in [5.74, 6) is 0.0244. The summed E-state index contributed by atoms with van der Waals surface area (Å²) in [5.41, 5.74) is 0. The fourth-order valence-electron chi connectivity index (χ4n) is 1.14. The van der Waals surface area contributed by atoms with E-state index in [1.165, 1.54) is 14.2 Å². The first-order valence-electron chi connectivity index (χ1n) is 4.92. The zero-order valence-electron chi connectivity index (χ0n) is 9.21. The SMILES string of the molecule is CCCCCC(=O)C[PH](O)(OC)OC. The summed E-state index contributed by atoms with van der Waals surface area (Å²) in [6, 6.07) is 0. The number of unbranched alkanes of at least 4 members (excludes halogenated alkanes) is 2. The summed E-state index contributed by atoms with van der Waals surface area (Å²) < 4.78 is 9.63. The van der Waals surface area contributed by atoms with Gasteiger partial charge in [-0.3, -0.25) is 0 Å². The number of hydrogen-bond donors (Lipinski definition) is 1. The molecule has 0 radical (unpaired) electrons. The van der Waals surface area contributed by atoms with Crippen LogP contribution in [-0.4, -0.2) is 31.1 Å². The van der Waals surface area contributed by atoms with Crippen LogP contribution in [0, 0.1) is 0 Å². The van der Waals surface area contributed by atoms with Crippen molar-refractivity contribution >= 4 is 13.7 Å². The predicted octanol–water partition coefficient (Wildman–Crippen LogP) is 1.92. The van der Waals surface area contributed by atoms with Crippen LogP contribution in [0.4, 0.5) is 0 Å². The molecular weight excluding hydrogens is 203 g/mol. The van der Waals surface area contributed by atoms with Crippen LogP contribution in [0.1, 0.15) is 32.6 Å². The molecule has 0 spiro atoms. The molecule has 0 aromatic rings. The second-order valence-electron chi connectivity index (χ2n) is 3.29. The predicted molar refractivity (Wildman–Crippen MR) is 58.6 cm³/mol. The van der Waals surface area contributed by atoms with E-state index >= 15 is 0 Å². The van der Waals surface area contributed by atoms with Gasteiger partial charge in [0.2, 0.25) is 0 Å². The van der Waals surface area contributed by atoms with E-state index in [1.54, 1.807) is 0 Å². The van der Waals surface area contributed by atoms with Gasteiger partial charge in [0.05, 0.1) is 0 Å². The summed E-state index contributed by atoms with van der Waals surface area (Å²) in [4.78, 5) is 21.0. The first kappa shape index (κ1) is 14.0. The molecule has 0 atom stereocenters. The van der Waals surface area contributed by atoms with E-state index < -0.39 is 7.94 Å². The first-order chi connectivity index (χ1) is 6.58. The van der Waals surface area contributed by atoms with Crippen molar-refractivity contribution in [2.75, 3.05) is 20.4 Å². The van der Waals surface area contributed by atoms with Gasteiger partial charge >= 0.3 is 85.5 Å². The molecule has 0 rings (SSSR count). The maximum absolute atomic E-state index is 11.4. The summed E-state index contributed by atoms with van der Waals surface area (Å²) in [6.07, 6.45) is 3.56. The van der Waals surface area contributed by atoms with Crippen LogP contribution in [0.15, 0.2) is 0 Å². The van der Waals surface area contributed by atoms with Gasteiger partial charge in [0, 0.05) is 0 Å². The minimum absolute atomic E-state index is 0.0244. The Balaban J connectivity index is 3.80. The van der Waals surface area contributed by atoms with Gasteiger partial charge in [-0.2, -0.15) is 0 Å². The summed E-state index contributed by atoms with van der Waals surface area (Å²) >= 11 is 0. The Morgan fingerprint density at radius 1 is 1.29 bits per heavy atom. The Morgan fingerprint density at radius 3 is 2.29 bits per heavy atom. The van der Waals surface area contributed by atoms with E-state index in [4.69, 9.17) is 9.05 Å². The van der Waals surface area contributed by atoms with Gasteiger partial charge in [-0.25, -0.2) is 0 Å². The van der Waals surface area contributed by atoms with Crippen LogP contribution in [-0.2, 0) is 13.8 Å². The Morgan fingerprint density at radius 2 is 1.86 bits per heavy atom. The molecule has 1 N–H and O–H groups in total. The molecule has 0 saturated carbocycles. The Kier molecular flexibility index (Phi) is 7.28. The Bertz CT molecular complexity index is 168. The standard InChI is InChI=1S/C9H21O4P/c1-4-5-6-7-9(10)8-14(11,12-2)13-3/h11,14H,4-8H2,1-3H3. The molecule has 86 valence electrons. The van der Waals surface area contributed by atoms with Crippen LogP contribution < -0.4 is 0 Å². The van der Waals surface area contributed by atoms with Crippen molar-refractivity contribution in [3.8, 4) is 0 Å². The van der Waals surface area contributed by atoms with Crippen LogP contribution in [0.5, 0.6) is 0 Å². The van der Waals surface area contributed by atoms with Gasteiger partial charge in [-0.05, 0) is 0 Å². The molecule has 0 unspecified atom stereocenters. The van der Waals surface area contributed by atoms with Gasteiger partial charge in [0.25, 0.3) is 0 Å². The fourth-order valence-corrected chi connectivity index (χ4v) is 2.27. The van der Waals surface area contributed by atoms with Crippen molar-refractivity contribution in [2.24, 2.45) is 0 Å². The van der Waals surface area contributed by atoms with Crippen molar-refractivity contribution in [1.29, 1.82) is 0 Å². The summed E-state index contributed by atoms with van der Waals surface area (Å²) in [6.45, 7) is 2.08. The van der Waals surface area contributed by atoms with Gasteiger partial charge < -0.3 is 0 Å². The van der Waals surface area contributed by atoms with Gasteiger partial charge in [0.1, 0.15) is 0 Å². The second-order valence-corrected chi connectivity index (χ2v) is 5.89. The quantitative estimate of drug-likeness (QED) is 0.505. The van der Waals surface area contributed by atoms with Gasteiger partial charge in [-0.1, -0.05) is 0 Å². The first-order valence-corrected chi connectivity index (χ1v) is 6.89. The van der Waals surface area contributed by atoms with Crippen LogP contribution in [0.2, 0.25) is 0 Å². The average Bonchev–Trinajstić information content (AvgIpc) is 2.18. The van der Waals surface area contributed by atoms with E-state index in [2.05, 4.69) is 6.92 Å². The molecule has 0 aliphatic carbocycles. The number of carbonyl (C=O) groups is 1. The molecule has 4 nitrogen and oxygen atoms in total. The van der Waals surface area contributed by atoms with Gasteiger partial charge in [0.15, 0.2) is 0 Å². The number of carbonyl (C=O) groups excluding carboxylic acids is 1. The normalized spacial score (nSPS) is 12.9. The molecule has 0 aromatic heterocycles. The van der Waals surface area contributed by atoms with Gasteiger partial charge in [-0.15, -0.1) is 0 Å². The number of hydrogen-bond acceptors (Lipinski definition) is 4. The van der Waals surface area contributed by atoms with Crippen molar-refractivity contribution in [2.45, 2.75) is 32.6 Å². The number of rotatable bonds is 8. The number of ketones is 1. The third-order valence-electron chi connectivity index (χ3n) is 2.12. The Labute approximate surface area is 86.2 Å². The van der Waals surface area contributed by atoms with Crippen molar-refractivity contribution in [3.63, 3.8) is 0 Å². The fraction of sp³-hybridized carbons (Fsp3) is 0.889. The molecule has 0 amide bonds. The molecule has 0 saturated heterocycles. The van der Waals surface area contributed by atoms with E-state index in [0.29, 0.717) is 6.42 Å². The van der Waals surface area contributed by atoms with E-state index in [9.17, 15) is 9.69 Å². The second kappa shape index (κ2) is 7.30. The van der Waals surface area contributed by atoms with E-state index in [0.717, 1.165) is 19.3 Å². The molecule has 0 fully saturated rings. The average molecular weight is 224 g/mol. The third-order valence-corrected chi connectivity index (χ3v) is 4.23. The minimum atomic E-state index is -3.17. The zero-order valence-corrected chi connectivity index (χ0v) is 10.2. The summed E-state index contributed by atoms with van der Waals surface area (Å²) in [7, 11) is -0.430. The van der Waals surface area contributed by atoms with E-state index in [-0.39, 0.29) is 11.9 Å². The topological polar surface area (TPSA) is 55.8 Å². The molecule has 0 aliphatic heterocycles. The molecule has 0 aliphatic rings. The van der Waals surface area contributed by atoms with Crippen LogP contribution in [0.25, 0.3) is 0 Å². The van der Waals surface area contributed by atoms with Crippen molar-refractivity contribution in [3.05, 3.63) is 0 Å². The molecular formula is C9H21O4P. The Hall–Kier alpha value is -0.0200. The van der Waals surface area contributed by atoms with Crippen molar-refractivity contribution in [1.82, 2.24) is 0 Å². The zero-order chi connectivity index (χ0) is 11.0. The molecule has 14 heavy (non-hydrogen) atoms. The van der Waals surface area contributed by atoms with Crippen LogP contribution >= 0.6 is 7.94 Å². The molecule has 0 bridgehead atoms. The van der Waals surface area contributed by atoms with Crippen molar-refractivity contribution < 1.29 is 18.7 Å². The summed E-state index contributed by atoms with van der Waals surface area (Å²) in [5, 5.41) is 0. The monoisotopic (exact) mass is 224 g/mol. The van der Waals surface area contributed by atoms with E-state index in [1.807, 2.05) is 0 Å². The molecule has 0 aromatic carbocycles. The third kappa shape index (κ3) is 5.66. The maximum atomic E-state index is 11.4. The van der Waals surface area contributed by atoms with Crippen LogP contribution in [0.3, 0.4) is 0 Å². The number of Topliss-reactive ketones (excluding diaryl/α,β-unsaturated/α-hetero) is 1. The molecule has 0 heterocycles.